The van der Waals surface area contributed by atoms with Gasteiger partial charge in [0.15, 0.2) is 0 Å². The standard InChI is InChI=1S/C21H22N4O3S3/c1-2-28-15-10-8-13(9-11-15)22-16(26)12-30-20-23-18-17(19(27)24-20)31-21(29)25(18)14-6-4-3-5-7-14/h3-11,17-18,20,23H,2,12H2,1H3,(H,22,26)(H,24,27). The first kappa shape index (κ1) is 21.9. The largest absolute Gasteiger partial charge is 0.494 e. The topological polar surface area (TPSA) is 82.7 Å². The first-order valence-corrected chi connectivity index (χ1v) is 12.1. The number of hydrogen-bond donors (Lipinski definition) is 3. The Morgan fingerprint density at radius 2 is 1.97 bits per heavy atom. The van der Waals surface area contributed by atoms with E-state index in [1.54, 1.807) is 12.1 Å². The molecule has 0 bridgehead atoms. The smallest absolute Gasteiger partial charge is 0.238 e. The fraction of sp³-hybridized carbons (Fsp3) is 0.286. The summed E-state index contributed by atoms with van der Waals surface area (Å²) in [5.74, 6) is 0.710. The molecule has 162 valence electrons. The predicted molar refractivity (Wildman–Crippen MR) is 130 cm³/mol. The maximum atomic E-state index is 12.6. The van der Waals surface area contributed by atoms with E-state index < -0.39 is 5.50 Å². The van der Waals surface area contributed by atoms with Crippen molar-refractivity contribution >= 4 is 63.3 Å². The molecule has 3 atom stereocenters. The molecule has 2 aliphatic heterocycles. The molecule has 7 nitrogen and oxygen atoms in total. The Morgan fingerprint density at radius 1 is 1.23 bits per heavy atom. The highest BCUT2D eigenvalue weighted by atomic mass is 32.2. The number of rotatable bonds is 7. The number of carbonyl (C=O) groups is 2. The minimum atomic E-state index is -0.396. The molecule has 0 aliphatic carbocycles. The molecular weight excluding hydrogens is 452 g/mol. The predicted octanol–water partition coefficient (Wildman–Crippen LogP) is 2.99. The second-order valence-electron chi connectivity index (χ2n) is 6.83. The van der Waals surface area contributed by atoms with E-state index in [0.717, 1.165) is 11.4 Å². The monoisotopic (exact) mass is 474 g/mol. The lowest BCUT2D eigenvalue weighted by atomic mass is 10.2. The van der Waals surface area contributed by atoms with E-state index in [9.17, 15) is 9.59 Å². The van der Waals surface area contributed by atoms with E-state index in [1.165, 1.54) is 23.5 Å². The third kappa shape index (κ3) is 5.15. The van der Waals surface area contributed by atoms with E-state index in [-0.39, 0.29) is 29.0 Å². The van der Waals surface area contributed by atoms with Crippen molar-refractivity contribution in [2.45, 2.75) is 23.8 Å². The summed E-state index contributed by atoms with van der Waals surface area (Å²) in [5, 5.41) is 8.88. The van der Waals surface area contributed by atoms with Gasteiger partial charge in [0.25, 0.3) is 0 Å². The van der Waals surface area contributed by atoms with Gasteiger partial charge in [-0.2, -0.15) is 0 Å². The summed E-state index contributed by atoms with van der Waals surface area (Å²) in [6.45, 7) is 2.51. The summed E-state index contributed by atoms with van der Waals surface area (Å²) in [6.07, 6.45) is -0.264. The molecule has 2 aliphatic rings. The number of fused-ring (bicyclic) bond motifs is 1. The molecule has 3 N–H and O–H groups in total. The Hall–Kier alpha value is -2.27. The molecular formula is C21H22N4O3S3. The minimum Gasteiger partial charge on any atom is -0.494 e. The van der Waals surface area contributed by atoms with Gasteiger partial charge in [0.05, 0.1) is 12.4 Å². The third-order valence-corrected chi connectivity index (χ3v) is 7.33. The van der Waals surface area contributed by atoms with Crippen LogP contribution in [0.3, 0.4) is 0 Å². The molecule has 4 rings (SSSR count). The average molecular weight is 475 g/mol. The van der Waals surface area contributed by atoms with Gasteiger partial charge in [0, 0.05) is 11.4 Å². The van der Waals surface area contributed by atoms with E-state index in [0.29, 0.717) is 16.6 Å². The summed E-state index contributed by atoms with van der Waals surface area (Å²) in [4.78, 5) is 27.0. The molecule has 2 heterocycles. The van der Waals surface area contributed by atoms with Gasteiger partial charge in [-0.05, 0) is 43.3 Å². The zero-order valence-electron chi connectivity index (χ0n) is 16.7. The summed E-state index contributed by atoms with van der Waals surface area (Å²) >= 11 is 8.23. The van der Waals surface area contributed by atoms with Crippen LogP contribution in [-0.4, -0.2) is 45.4 Å². The lowest BCUT2D eigenvalue weighted by Gasteiger charge is -2.36. The van der Waals surface area contributed by atoms with Crippen LogP contribution < -0.4 is 25.6 Å². The van der Waals surface area contributed by atoms with Crippen molar-refractivity contribution < 1.29 is 14.3 Å². The number of para-hydroxylation sites is 1. The number of nitrogens with zero attached hydrogens (tertiary/aromatic N) is 1. The normalized spacial score (nSPS) is 22.6. The SMILES string of the molecule is CCOc1ccc(NC(=O)CSC2NC(=O)C3SC(=S)N(c4ccccc4)C3N2)cc1. The van der Waals surface area contributed by atoms with Crippen LogP contribution in [0.2, 0.25) is 0 Å². The second-order valence-corrected chi connectivity index (χ2v) is 9.70. The third-order valence-electron chi connectivity index (χ3n) is 4.71. The van der Waals surface area contributed by atoms with Crippen molar-refractivity contribution in [1.82, 2.24) is 10.6 Å². The number of ether oxygens (including phenoxy) is 1. The number of hydrogen-bond acceptors (Lipinski definition) is 7. The van der Waals surface area contributed by atoms with Crippen LogP contribution in [0.15, 0.2) is 54.6 Å². The van der Waals surface area contributed by atoms with Crippen LogP contribution in [0.1, 0.15) is 6.92 Å². The first-order valence-electron chi connectivity index (χ1n) is 9.81. The molecule has 3 unspecified atom stereocenters. The van der Waals surface area contributed by atoms with E-state index >= 15 is 0 Å². The lowest BCUT2D eigenvalue weighted by Crippen LogP contribution is -2.64. The van der Waals surface area contributed by atoms with Crippen molar-refractivity contribution in [3.05, 3.63) is 54.6 Å². The summed E-state index contributed by atoms with van der Waals surface area (Å²) in [5.41, 5.74) is 1.24. The van der Waals surface area contributed by atoms with Gasteiger partial charge in [0.1, 0.15) is 27.0 Å². The highest BCUT2D eigenvalue weighted by Crippen LogP contribution is 2.37. The Morgan fingerprint density at radius 3 is 2.68 bits per heavy atom. The van der Waals surface area contributed by atoms with Gasteiger partial charge < -0.3 is 20.3 Å². The molecule has 10 heteroatoms. The molecule has 2 aromatic carbocycles. The van der Waals surface area contributed by atoms with E-state index in [1.807, 2.05) is 54.3 Å². The molecule has 2 saturated heterocycles. The van der Waals surface area contributed by atoms with Crippen LogP contribution in [0.5, 0.6) is 5.75 Å². The quantitative estimate of drug-likeness (QED) is 0.529. The van der Waals surface area contributed by atoms with E-state index in [4.69, 9.17) is 17.0 Å². The Bertz CT molecular complexity index is 958. The zero-order valence-corrected chi connectivity index (χ0v) is 19.2. The van der Waals surface area contributed by atoms with Crippen molar-refractivity contribution in [2.24, 2.45) is 0 Å². The molecule has 0 radical (unpaired) electrons. The van der Waals surface area contributed by atoms with Crippen molar-refractivity contribution in [2.75, 3.05) is 22.6 Å². The van der Waals surface area contributed by atoms with Crippen LogP contribution in [0.25, 0.3) is 0 Å². The van der Waals surface area contributed by atoms with Crippen LogP contribution >= 0.6 is 35.7 Å². The van der Waals surface area contributed by atoms with Crippen LogP contribution in [0, 0.1) is 0 Å². The van der Waals surface area contributed by atoms with Crippen LogP contribution in [-0.2, 0) is 9.59 Å². The highest BCUT2D eigenvalue weighted by molar-refractivity contribution is 8.24. The summed E-state index contributed by atoms with van der Waals surface area (Å²) in [6, 6.07) is 17.0. The number of nitrogens with one attached hydrogen (secondary N) is 3. The molecule has 2 aromatic rings. The Kier molecular flexibility index (Phi) is 7.01. The fourth-order valence-electron chi connectivity index (χ4n) is 3.35. The molecule has 2 fully saturated rings. The van der Waals surface area contributed by atoms with Crippen molar-refractivity contribution in [1.29, 1.82) is 0 Å². The number of thioether (sulfide) groups is 2. The Balaban J connectivity index is 1.35. The van der Waals surface area contributed by atoms with Crippen molar-refractivity contribution in [3.63, 3.8) is 0 Å². The lowest BCUT2D eigenvalue weighted by molar-refractivity contribution is -0.122. The van der Waals surface area contributed by atoms with Gasteiger partial charge in [-0.1, -0.05) is 42.2 Å². The maximum Gasteiger partial charge on any atom is 0.238 e. The molecule has 31 heavy (non-hydrogen) atoms. The van der Waals surface area contributed by atoms with Gasteiger partial charge in [0.2, 0.25) is 11.8 Å². The van der Waals surface area contributed by atoms with Gasteiger partial charge in [-0.15, -0.1) is 11.8 Å². The van der Waals surface area contributed by atoms with Crippen LogP contribution in [0.4, 0.5) is 11.4 Å². The summed E-state index contributed by atoms with van der Waals surface area (Å²) < 4.78 is 6.06. The average Bonchev–Trinajstić information content (AvgIpc) is 3.11. The van der Waals surface area contributed by atoms with Gasteiger partial charge >= 0.3 is 0 Å². The Labute approximate surface area is 194 Å². The number of benzene rings is 2. The maximum absolute atomic E-state index is 12.6. The molecule has 0 aromatic heterocycles. The number of carbonyl (C=O) groups excluding carboxylic acids is 2. The minimum absolute atomic E-state index is 0.0843. The fourth-order valence-corrected chi connectivity index (χ4v) is 5.76. The number of thiocarbonyl (C=S) groups is 1. The summed E-state index contributed by atoms with van der Waals surface area (Å²) in [7, 11) is 0. The van der Waals surface area contributed by atoms with Gasteiger partial charge in [-0.25, -0.2) is 0 Å². The first-order chi connectivity index (χ1) is 15.0. The van der Waals surface area contributed by atoms with Crippen molar-refractivity contribution in [3.8, 4) is 5.75 Å². The highest BCUT2D eigenvalue weighted by Gasteiger charge is 2.47. The second kappa shape index (κ2) is 9.90. The number of amides is 2. The van der Waals surface area contributed by atoms with Gasteiger partial charge in [-0.3, -0.25) is 14.9 Å². The molecule has 2 amide bonds. The van der Waals surface area contributed by atoms with E-state index in [2.05, 4.69) is 16.0 Å². The molecule has 0 spiro atoms. The molecule has 0 saturated carbocycles. The number of anilines is 2. The zero-order chi connectivity index (χ0) is 21.8.